The molecule has 0 aromatic heterocycles. The number of aryl methyl sites for hydroxylation is 1. The van der Waals surface area contributed by atoms with Crippen LogP contribution in [0.2, 0.25) is 0 Å². The van der Waals surface area contributed by atoms with Gasteiger partial charge >= 0.3 is 0 Å². The molecule has 2 atom stereocenters. The minimum atomic E-state index is -1.01. The summed E-state index contributed by atoms with van der Waals surface area (Å²) in [5.74, 6) is -0.703. The Morgan fingerprint density at radius 1 is 0.946 bits per heavy atom. The van der Waals surface area contributed by atoms with Crippen LogP contribution in [-0.4, -0.2) is 43.9 Å². The van der Waals surface area contributed by atoms with Crippen LogP contribution < -0.4 is 20.1 Å². The number of hydrogen-bond donors (Lipinski definition) is 3. The Morgan fingerprint density at radius 3 is 2.35 bits per heavy atom. The highest BCUT2D eigenvalue weighted by molar-refractivity contribution is 5.79. The van der Waals surface area contributed by atoms with E-state index in [1.165, 1.54) is 31.9 Å². The molecule has 0 spiro atoms. The largest absolute Gasteiger partial charge is 0.497 e. The van der Waals surface area contributed by atoms with Gasteiger partial charge in [-0.05, 0) is 47.7 Å². The fourth-order valence-electron chi connectivity index (χ4n) is 4.16. The highest BCUT2D eigenvalue weighted by Crippen LogP contribution is 2.25. The average Bonchev–Trinajstić information content (AvgIpc) is 2.88. The monoisotopic (exact) mass is 512 g/mol. The van der Waals surface area contributed by atoms with Crippen molar-refractivity contribution in [1.29, 1.82) is 0 Å². The van der Waals surface area contributed by atoms with Gasteiger partial charge < -0.3 is 25.2 Å². The third-order valence-electron chi connectivity index (χ3n) is 6.12. The van der Waals surface area contributed by atoms with Crippen molar-refractivity contribution < 1.29 is 28.2 Å². The SMILES string of the molecule is CCc1cccc(CNCC(O)C(Cc2cc(F)cc(F)c2)NC(=O)Cc2ccc(OC)cc2OC)c1. The van der Waals surface area contributed by atoms with Crippen molar-refractivity contribution in [2.24, 2.45) is 0 Å². The molecule has 0 aliphatic heterocycles. The summed E-state index contributed by atoms with van der Waals surface area (Å²) in [4.78, 5) is 13.0. The highest BCUT2D eigenvalue weighted by atomic mass is 19.1. The summed E-state index contributed by atoms with van der Waals surface area (Å²) >= 11 is 0. The summed E-state index contributed by atoms with van der Waals surface area (Å²) in [5, 5.41) is 17.0. The molecule has 0 saturated heterocycles. The standard InChI is InChI=1S/C29H34F2N2O4/c1-4-19-6-5-7-20(10-19)17-32-18-27(34)26(13-21-11-23(30)15-24(31)12-21)33-29(35)14-22-8-9-25(36-2)16-28(22)37-3/h5-12,15-16,26-27,32,34H,4,13-14,17-18H2,1-3H3,(H,33,35). The van der Waals surface area contributed by atoms with Gasteiger partial charge in [0.1, 0.15) is 23.1 Å². The molecule has 0 radical (unpaired) electrons. The first-order valence-electron chi connectivity index (χ1n) is 12.2. The Morgan fingerprint density at radius 2 is 1.68 bits per heavy atom. The van der Waals surface area contributed by atoms with Crippen molar-refractivity contribution in [3.8, 4) is 11.5 Å². The lowest BCUT2D eigenvalue weighted by Gasteiger charge is -2.25. The molecule has 37 heavy (non-hydrogen) atoms. The second kappa shape index (κ2) is 13.7. The lowest BCUT2D eigenvalue weighted by Crippen LogP contribution is -2.49. The van der Waals surface area contributed by atoms with E-state index in [0.717, 1.165) is 18.1 Å². The maximum atomic E-state index is 13.8. The first-order chi connectivity index (χ1) is 17.8. The molecule has 2 unspecified atom stereocenters. The van der Waals surface area contributed by atoms with Crippen molar-refractivity contribution >= 4 is 5.91 Å². The molecule has 198 valence electrons. The van der Waals surface area contributed by atoms with E-state index in [4.69, 9.17) is 9.47 Å². The molecule has 0 aliphatic carbocycles. The minimum Gasteiger partial charge on any atom is -0.497 e. The molecule has 0 saturated carbocycles. The number of nitrogens with one attached hydrogen (secondary N) is 2. The van der Waals surface area contributed by atoms with Crippen LogP contribution in [0.25, 0.3) is 0 Å². The van der Waals surface area contributed by atoms with Crippen LogP contribution in [0, 0.1) is 11.6 Å². The van der Waals surface area contributed by atoms with Crippen molar-refractivity contribution in [2.75, 3.05) is 20.8 Å². The third kappa shape index (κ3) is 8.55. The summed E-state index contributed by atoms with van der Waals surface area (Å²) in [7, 11) is 3.04. The first kappa shape index (κ1) is 28.1. The van der Waals surface area contributed by atoms with E-state index in [0.29, 0.717) is 29.2 Å². The Kier molecular flexibility index (Phi) is 10.4. The summed E-state index contributed by atoms with van der Waals surface area (Å²) in [6.07, 6.45) is -0.0462. The van der Waals surface area contributed by atoms with Crippen molar-refractivity contribution in [2.45, 2.75) is 44.9 Å². The van der Waals surface area contributed by atoms with Crippen LogP contribution >= 0.6 is 0 Å². The van der Waals surface area contributed by atoms with Crippen LogP contribution in [0.5, 0.6) is 11.5 Å². The van der Waals surface area contributed by atoms with Crippen molar-refractivity contribution in [3.63, 3.8) is 0 Å². The molecule has 0 bridgehead atoms. The Balaban J connectivity index is 1.70. The number of ether oxygens (including phenoxy) is 2. The average molecular weight is 513 g/mol. The van der Waals surface area contributed by atoms with Gasteiger partial charge in [0.25, 0.3) is 0 Å². The summed E-state index contributed by atoms with van der Waals surface area (Å²) in [5.41, 5.74) is 3.26. The number of amides is 1. The van der Waals surface area contributed by atoms with E-state index < -0.39 is 23.8 Å². The number of carbonyl (C=O) groups excluding carboxylic acids is 1. The molecule has 3 N–H and O–H groups in total. The lowest BCUT2D eigenvalue weighted by molar-refractivity contribution is -0.122. The summed E-state index contributed by atoms with van der Waals surface area (Å²) < 4.78 is 38.2. The Labute approximate surface area is 216 Å². The molecular formula is C29H34F2N2O4. The van der Waals surface area contributed by atoms with Gasteiger partial charge in [0.2, 0.25) is 5.91 Å². The van der Waals surface area contributed by atoms with Crippen LogP contribution in [0.15, 0.2) is 60.7 Å². The van der Waals surface area contributed by atoms with Gasteiger partial charge in [-0.3, -0.25) is 4.79 Å². The molecule has 1 amide bonds. The van der Waals surface area contributed by atoms with E-state index in [9.17, 15) is 18.7 Å². The van der Waals surface area contributed by atoms with Crippen LogP contribution in [0.1, 0.15) is 29.2 Å². The first-order valence-corrected chi connectivity index (χ1v) is 12.2. The number of hydrogen-bond acceptors (Lipinski definition) is 5. The second-order valence-corrected chi connectivity index (χ2v) is 8.88. The van der Waals surface area contributed by atoms with Crippen molar-refractivity contribution in [3.05, 3.63) is 94.6 Å². The smallest absolute Gasteiger partial charge is 0.224 e. The van der Waals surface area contributed by atoms with Gasteiger partial charge in [-0.2, -0.15) is 0 Å². The third-order valence-corrected chi connectivity index (χ3v) is 6.12. The normalized spacial score (nSPS) is 12.6. The molecule has 0 heterocycles. The number of halogens is 2. The topological polar surface area (TPSA) is 79.8 Å². The van der Waals surface area contributed by atoms with Gasteiger partial charge in [-0.1, -0.05) is 37.3 Å². The minimum absolute atomic E-state index is 0.00879. The summed E-state index contributed by atoms with van der Waals surface area (Å²) in [6, 6.07) is 15.7. The van der Waals surface area contributed by atoms with Crippen LogP contribution in [-0.2, 0) is 30.6 Å². The molecular weight excluding hydrogens is 478 g/mol. The van der Waals surface area contributed by atoms with E-state index in [2.05, 4.69) is 29.7 Å². The fourth-order valence-corrected chi connectivity index (χ4v) is 4.16. The maximum absolute atomic E-state index is 13.8. The molecule has 0 fully saturated rings. The predicted octanol–water partition coefficient (Wildman–Crippen LogP) is 3.97. The van der Waals surface area contributed by atoms with Gasteiger partial charge in [-0.25, -0.2) is 8.78 Å². The highest BCUT2D eigenvalue weighted by Gasteiger charge is 2.23. The number of rotatable bonds is 13. The van der Waals surface area contributed by atoms with Gasteiger partial charge in [0, 0.05) is 30.8 Å². The van der Waals surface area contributed by atoms with Crippen LogP contribution in [0.3, 0.4) is 0 Å². The molecule has 6 nitrogen and oxygen atoms in total. The molecule has 3 rings (SSSR count). The number of benzene rings is 3. The quantitative estimate of drug-likeness (QED) is 0.323. The zero-order chi connectivity index (χ0) is 26.8. The fraction of sp³-hybridized carbons (Fsp3) is 0.345. The van der Waals surface area contributed by atoms with E-state index in [1.807, 2.05) is 12.1 Å². The second-order valence-electron chi connectivity index (χ2n) is 8.88. The molecule has 3 aromatic carbocycles. The number of carbonyl (C=O) groups is 1. The zero-order valence-electron chi connectivity index (χ0n) is 21.4. The van der Waals surface area contributed by atoms with Gasteiger partial charge in [0.15, 0.2) is 0 Å². The summed E-state index contributed by atoms with van der Waals surface area (Å²) in [6.45, 7) is 2.79. The zero-order valence-corrected chi connectivity index (χ0v) is 21.4. The predicted molar refractivity (Wildman–Crippen MR) is 139 cm³/mol. The van der Waals surface area contributed by atoms with Crippen molar-refractivity contribution in [1.82, 2.24) is 10.6 Å². The number of aliphatic hydroxyl groups excluding tert-OH is 1. The maximum Gasteiger partial charge on any atom is 0.224 e. The molecule has 8 heteroatoms. The number of methoxy groups -OCH3 is 2. The molecule has 0 aliphatic rings. The Hall–Kier alpha value is -3.49. The van der Waals surface area contributed by atoms with Crippen LogP contribution in [0.4, 0.5) is 8.78 Å². The van der Waals surface area contributed by atoms with E-state index in [1.54, 1.807) is 18.2 Å². The number of aliphatic hydroxyl groups is 1. The lowest BCUT2D eigenvalue weighted by atomic mass is 10.00. The van der Waals surface area contributed by atoms with E-state index >= 15 is 0 Å². The van der Waals surface area contributed by atoms with Gasteiger partial charge in [-0.15, -0.1) is 0 Å². The van der Waals surface area contributed by atoms with Gasteiger partial charge in [0.05, 0.1) is 32.8 Å². The Bertz CT molecular complexity index is 1170. The molecule has 3 aromatic rings. The van der Waals surface area contributed by atoms with E-state index in [-0.39, 0.29) is 25.3 Å².